The summed E-state index contributed by atoms with van der Waals surface area (Å²) in [4.78, 5) is 0. The van der Waals surface area contributed by atoms with E-state index in [0.29, 0.717) is 24.4 Å². The molecule has 0 spiro atoms. The second-order valence-corrected chi connectivity index (χ2v) is 7.62. The van der Waals surface area contributed by atoms with Crippen LogP contribution in [0.2, 0.25) is 0 Å². The minimum Gasteiger partial charge on any atom is -0.313 e. The van der Waals surface area contributed by atoms with E-state index >= 15 is 0 Å². The molecule has 0 atom stereocenters. The molecule has 2 saturated carbocycles. The van der Waals surface area contributed by atoms with Crippen LogP contribution in [0.3, 0.4) is 0 Å². The third-order valence-electron chi connectivity index (χ3n) is 3.50. The zero-order valence-corrected chi connectivity index (χ0v) is 11.6. The number of hydrogen-bond acceptors (Lipinski definition) is 3. The molecule has 2 aliphatic carbocycles. The van der Waals surface area contributed by atoms with Crippen LogP contribution in [-0.2, 0) is 10.0 Å². The number of nitrogens with one attached hydrogen (secondary N) is 2. The lowest BCUT2D eigenvalue weighted by Gasteiger charge is -2.18. The van der Waals surface area contributed by atoms with Gasteiger partial charge in [0.15, 0.2) is 0 Å². The van der Waals surface area contributed by atoms with Gasteiger partial charge in [-0.05, 0) is 37.5 Å². The van der Waals surface area contributed by atoms with Crippen LogP contribution in [-0.4, -0.2) is 32.8 Å². The van der Waals surface area contributed by atoms with Gasteiger partial charge in [0.1, 0.15) is 0 Å². The van der Waals surface area contributed by atoms with Crippen molar-refractivity contribution in [1.82, 2.24) is 10.0 Å². The monoisotopic (exact) mass is 260 g/mol. The van der Waals surface area contributed by atoms with Crippen molar-refractivity contribution >= 4 is 10.0 Å². The molecule has 100 valence electrons. The predicted octanol–water partition coefficient (Wildman–Crippen LogP) is 1.09. The molecule has 0 saturated heterocycles. The molecule has 0 radical (unpaired) electrons. The summed E-state index contributed by atoms with van der Waals surface area (Å²) in [6, 6.07) is 0.576. The van der Waals surface area contributed by atoms with Gasteiger partial charge in [-0.15, -0.1) is 0 Å². The fourth-order valence-corrected chi connectivity index (χ4v) is 3.54. The predicted molar refractivity (Wildman–Crippen MR) is 69.3 cm³/mol. The molecule has 0 aliphatic heterocycles. The van der Waals surface area contributed by atoms with E-state index in [1.807, 2.05) is 13.8 Å². The smallest absolute Gasteiger partial charge is 0.213 e. The van der Waals surface area contributed by atoms with Gasteiger partial charge in [-0.3, -0.25) is 0 Å². The van der Waals surface area contributed by atoms with Gasteiger partial charge in [0.05, 0.1) is 5.75 Å². The highest BCUT2D eigenvalue weighted by Gasteiger charge is 2.43. The maximum atomic E-state index is 11.9. The maximum Gasteiger partial charge on any atom is 0.213 e. The van der Waals surface area contributed by atoms with Gasteiger partial charge in [-0.1, -0.05) is 13.8 Å². The van der Waals surface area contributed by atoms with Crippen molar-refractivity contribution in [3.63, 3.8) is 0 Å². The summed E-state index contributed by atoms with van der Waals surface area (Å²) in [5.74, 6) is 1.44. The highest BCUT2D eigenvalue weighted by Crippen LogP contribution is 2.44. The summed E-state index contributed by atoms with van der Waals surface area (Å²) in [5.41, 5.74) is 0. The van der Waals surface area contributed by atoms with Crippen molar-refractivity contribution in [3.8, 4) is 0 Å². The van der Waals surface area contributed by atoms with Gasteiger partial charge in [-0.2, -0.15) is 0 Å². The molecule has 2 fully saturated rings. The zero-order chi connectivity index (χ0) is 12.5. The van der Waals surface area contributed by atoms with Crippen LogP contribution in [0.15, 0.2) is 0 Å². The average Bonchev–Trinajstić information content (AvgIpc) is 3.07. The Kier molecular flexibility index (Phi) is 4.10. The summed E-state index contributed by atoms with van der Waals surface area (Å²) in [6.07, 6.45) is 4.81. The van der Waals surface area contributed by atoms with E-state index in [-0.39, 0.29) is 11.8 Å². The van der Waals surface area contributed by atoms with Crippen LogP contribution in [0, 0.1) is 11.8 Å². The molecule has 2 aliphatic rings. The van der Waals surface area contributed by atoms with Crippen molar-refractivity contribution in [3.05, 3.63) is 0 Å². The van der Waals surface area contributed by atoms with E-state index in [1.165, 1.54) is 25.7 Å². The molecule has 0 heterocycles. The summed E-state index contributed by atoms with van der Waals surface area (Å²) >= 11 is 0. The Morgan fingerprint density at radius 1 is 1.12 bits per heavy atom. The number of sulfonamides is 1. The Balaban J connectivity index is 1.78. The SMILES string of the molecule is CC(C)NCCS(=O)(=O)NC(C1CC1)C1CC1. The number of rotatable bonds is 8. The summed E-state index contributed by atoms with van der Waals surface area (Å²) < 4.78 is 26.8. The lowest BCUT2D eigenvalue weighted by atomic mass is 10.1. The van der Waals surface area contributed by atoms with Crippen molar-refractivity contribution < 1.29 is 8.42 Å². The average molecular weight is 260 g/mol. The van der Waals surface area contributed by atoms with Crippen LogP contribution < -0.4 is 10.0 Å². The Morgan fingerprint density at radius 2 is 1.65 bits per heavy atom. The van der Waals surface area contributed by atoms with Crippen LogP contribution >= 0.6 is 0 Å². The van der Waals surface area contributed by atoms with E-state index in [1.54, 1.807) is 0 Å². The summed E-state index contributed by atoms with van der Waals surface area (Å²) in [6.45, 7) is 4.59. The highest BCUT2D eigenvalue weighted by atomic mass is 32.2. The molecule has 0 aromatic heterocycles. The van der Waals surface area contributed by atoms with Crippen molar-refractivity contribution in [2.24, 2.45) is 11.8 Å². The molecule has 2 rings (SSSR count). The molecule has 0 unspecified atom stereocenters. The van der Waals surface area contributed by atoms with Crippen molar-refractivity contribution in [2.75, 3.05) is 12.3 Å². The van der Waals surface area contributed by atoms with Crippen LogP contribution in [0.25, 0.3) is 0 Å². The first-order valence-electron chi connectivity index (χ1n) is 6.71. The van der Waals surface area contributed by atoms with Gasteiger partial charge >= 0.3 is 0 Å². The highest BCUT2D eigenvalue weighted by molar-refractivity contribution is 7.89. The lowest BCUT2D eigenvalue weighted by Crippen LogP contribution is -2.41. The Labute approximate surface area is 105 Å². The van der Waals surface area contributed by atoms with Gasteiger partial charge in [-0.25, -0.2) is 13.1 Å². The molecule has 0 amide bonds. The Morgan fingerprint density at radius 3 is 2.06 bits per heavy atom. The molecule has 5 heteroatoms. The molecule has 0 aromatic carbocycles. The Hall–Kier alpha value is -0.130. The van der Waals surface area contributed by atoms with Gasteiger partial charge in [0, 0.05) is 18.6 Å². The molecular formula is C12H24N2O2S. The quantitative estimate of drug-likeness (QED) is 0.687. The first-order chi connectivity index (χ1) is 7.98. The van der Waals surface area contributed by atoms with E-state index in [4.69, 9.17) is 0 Å². The second kappa shape index (κ2) is 5.24. The third kappa shape index (κ3) is 4.56. The standard InChI is InChI=1S/C12H24N2O2S/c1-9(2)13-7-8-17(15,16)14-12(10-3-4-10)11-5-6-11/h9-14H,3-8H2,1-2H3. The first kappa shape index (κ1) is 13.3. The van der Waals surface area contributed by atoms with Crippen LogP contribution in [0.1, 0.15) is 39.5 Å². The second-order valence-electron chi connectivity index (χ2n) is 5.75. The molecule has 0 bridgehead atoms. The number of hydrogen-bond donors (Lipinski definition) is 2. The summed E-state index contributed by atoms with van der Waals surface area (Å²) in [5, 5.41) is 3.15. The van der Waals surface area contributed by atoms with E-state index in [9.17, 15) is 8.42 Å². The minimum absolute atomic E-state index is 0.196. The molecular weight excluding hydrogens is 236 g/mol. The fraction of sp³-hybridized carbons (Fsp3) is 1.00. The normalized spacial score (nSPS) is 21.4. The van der Waals surface area contributed by atoms with E-state index < -0.39 is 10.0 Å². The zero-order valence-electron chi connectivity index (χ0n) is 10.8. The van der Waals surface area contributed by atoms with Crippen molar-refractivity contribution in [1.29, 1.82) is 0 Å². The van der Waals surface area contributed by atoms with E-state index in [2.05, 4.69) is 10.0 Å². The molecule has 4 nitrogen and oxygen atoms in total. The summed E-state index contributed by atoms with van der Waals surface area (Å²) in [7, 11) is -3.10. The van der Waals surface area contributed by atoms with Crippen LogP contribution in [0.4, 0.5) is 0 Å². The molecule has 0 aromatic rings. The van der Waals surface area contributed by atoms with Gasteiger partial charge in [0.2, 0.25) is 10.0 Å². The fourth-order valence-electron chi connectivity index (χ4n) is 2.24. The lowest BCUT2D eigenvalue weighted by molar-refractivity contribution is 0.470. The maximum absolute atomic E-state index is 11.9. The van der Waals surface area contributed by atoms with Crippen LogP contribution in [0.5, 0.6) is 0 Å². The van der Waals surface area contributed by atoms with E-state index in [0.717, 1.165) is 0 Å². The molecule has 17 heavy (non-hydrogen) atoms. The Bertz CT molecular complexity index is 334. The molecule has 2 N–H and O–H groups in total. The third-order valence-corrected chi connectivity index (χ3v) is 4.87. The first-order valence-corrected chi connectivity index (χ1v) is 8.36. The topological polar surface area (TPSA) is 58.2 Å². The van der Waals surface area contributed by atoms with Crippen molar-refractivity contribution in [2.45, 2.75) is 51.6 Å². The van der Waals surface area contributed by atoms with Gasteiger partial charge < -0.3 is 5.32 Å². The minimum atomic E-state index is -3.10. The van der Waals surface area contributed by atoms with Gasteiger partial charge in [0.25, 0.3) is 0 Å². The largest absolute Gasteiger partial charge is 0.313 e.